The lowest BCUT2D eigenvalue weighted by molar-refractivity contribution is -0.141. The Kier molecular flexibility index (Phi) is 4.37. The van der Waals surface area contributed by atoms with Crippen molar-refractivity contribution in [3.8, 4) is 0 Å². The van der Waals surface area contributed by atoms with Gasteiger partial charge in [-0.1, -0.05) is 12.1 Å². The van der Waals surface area contributed by atoms with Gasteiger partial charge in [0.05, 0.1) is 0 Å². The van der Waals surface area contributed by atoms with Crippen LogP contribution in [0.5, 0.6) is 0 Å². The molecule has 1 aliphatic heterocycles. The molecule has 1 fully saturated rings. The van der Waals surface area contributed by atoms with E-state index in [1.807, 2.05) is 0 Å². The van der Waals surface area contributed by atoms with Crippen molar-refractivity contribution in [2.45, 2.75) is 18.6 Å². The fraction of sp³-hybridized carbons (Fsp3) is 0.312. The Bertz CT molecular complexity index is 721. The number of carbonyl (C=O) groups is 1. The molecule has 8 heteroatoms. The second kappa shape index (κ2) is 6.46. The standard InChI is InChI=1S/C16H15F3N4O/c17-16(18,19)13-5-3-6-14(22-13)21-11-7-9-23(10-11)15(24)12-4-1-2-8-20-12/h1-6,8,11H,7,9-10H2,(H,21,22). The molecule has 0 radical (unpaired) electrons. The second-order valence-electron chi connectivity index (χ2n) is 5.50. The lowest BCUT2D eigenvalue weighted by Gasteiger charge is -2.17. The molecular formula is C16H15F3N4O. The third-order valence-corrected chi connectivity index (χ3v) is 3.75. The molecule has 2 aromatic rings. The summed E-state index contributed by atoms with van der Waals surface area (Å²) in [5.74, 6) is -0.0288. The number of nitrogens with one attached hydrogen (secondary N) is 1. The van der Waals surface area contributed by atoms with Crippen molar-refractivity contribution in [1.82, 2.24) is 14.9 Å². The molecule has 0 aliphatic carbocycles. The summed E-state index contributed by atoms with van der Waals surface area (Å²) in [6.45, 7) is 0.916. The second-order valence-corrected chi connectivity index (χ2v) is 5.50. The van der Waals surface area contributed by atoms with E-state index >= 15 is 0 Å². The molecule has 0 aromatic carbocycles. The molecule has 1 N–H and O–H groups in total. The maximum absolute atomic E-state index is 12.7. The van der Waals surface area contributed by atoms with Crippen molar-refractivity contribution in [2.75, 3.05) is 18.4 Å². The molecule has 5 nitrogen and oxygen atoms in total. The number of nitrogens with zero attached hydrogens (tertiary/aromatic N) is 3. The van der Waals surface area contributed by atoms with Crippen LogP contribution in [0.2, 0.25) is 0 Å². The number of alkyl halides is 3. The summed E-state index contributed by atoms with van der Waals surface area (Å²) in [4.78, 5) is 21.5. The quantitative estimate of drug-likeness (QED) is 0.936. The molecule has 3 rings (SSSR count). The van der Waals surface area contributed by atoms with Crippen molar-refractivity contribution in [3.63, 3.8) is 0 Å². The molecule has 2 aromatic heterocycles. The van der Waals surface area contributed by atoms with Crippen LogP contribution in [0.3, 0.4) is 0 Å². The molecule has 0 spiro atoms. The summed E-state index contributed by atoms with van der Waals surface area (Å²) in [6, 6.07) is 8.67. The number of likely N-dealkylation sites (tertiary alicyclic amines) is 1. The zero-order valence-corrected chi connectivity index (χ0v) is 12.6. The number of pyridine rings is 2. The van der Waals surface area contributed by atoms with Gasteiger partial charge in [0.1, 0.15) is 17.2 Å². The third-order valence-electron chi connectivity index (χ3n) is 3.75. The van der Waals surface area contributed by atoms with Crippen LogP contribution in [0.15, 0.2) is 42.6 Å². The third kappa shape index (κ3) is 3.64. The average Bonchev–Trinajstić information content (AvgIpc) is 3.03. The predicted octanol–water partition coefficient (Wildman–Crippen LogP) is 2.82. The predicted molar refractivity (Wildman–Crippen MR) is 81.4 cm³/mol. The van der Waals surface area contributed by atoms with Crippen molar-refractivity contribution in [3.05, 3.63) is 54.0 Å². The van der Waals surface area contributed by atoms with E-state index in [9.17, 15) is 18.0 Å². The topological polar surface area (TPSA) is 58.1 Å². The Labute approximate surface area is 136 Å². The fourth-order valence-electron chi connectivity index (χ4n) is 2.60. The van der Waals surface area contributed by atoms with E-state index < -0.39 is 11.9 Å². The Morgan fingerprint density at radius 1 is 1.21 bits per heavy atom. The van der Waals surface area contributed by atoms with E-state index in [0.717, 1.165) is 6.07 Å². The highest BCUT2D eigenvalue weighted by molar-refractivity contribution is 5.92. The van der Waals surface area contributed by atoms with Crippen LogP contribution in [0, 0.1) is 0 Å². The van der Waals surface area contributed by atoms with Gasteiger partial charge < -0.3 is 10.2 Å². The first kappa shape index (κ1) is 16.2. The average molecular weight is 336 g/mol. The van der Waals surface area contributed by atoms with Gasteiger partial charge in [0, 0.05) is 25.3 Å². The number of anilines is 1. The lowest BCUT2D eigenvalue weighted by Crippen LogP contribution is -2.32. The molecule has 1 saturated heterocycles. The zero-order chi connectivity index (χ0) is 17.2. The minimum Gasteiger partial charge on any atom is -0.365 e. The molecule has 1 aliphatic rings. The van der Waals surface area contributed by atoms with E-state index in [0.29, 0.717) is 25.2 Å². The Balaban J connectivity index is 1.64. The van der Waals surface area contributed by atoms with Gasteiger partial charge in [-0.3, -0.25) is 9.78 Å². The van der Waals surface area contributed by atoms with E-state index in [4.69, 9.17) is 0 Å². The van der Waals surface area contributed by atoms with E-state index in [1.54, 1.807) is 29.3 Å². The SMILES string of the molecule is O=C(c1ccccn1)N1CCC(Nc2cccc(C(F)(F)F)n2)C1. The van der Waals surface area contributed by atoms with Gasteiger partial charge in [0.15, 0.2) is 0 Å². The lowest BCUT2D eigenvalue weighted by atomic mass is 10.2. The smallest absolute Gasteiger partial charge is 0.365 e. The van der Waals surface area contributed by atoms with Crippen LogP contribution in [-0.4, -0.2) is 39.9 Å². The van der Waals surface area contributed by atoms with Crippen molar-refractivity contribution < 1.29 is 18.0 Å². The molecule has 126 valence electrons. The molecule has 0 bridgehead atoms. The van der Waals surface area contributed by atoms with Gasteiger partial charge >= 0.3 is 6.18 Å². The van der Waals surface area contributed by atoms with Gasteiger partial charge in [-0.05, 0) is 30.7 Å². The van der Waals surface area contributed by atoms with Gasteiger partial charge in [-0.15, -0.1) is 0 Å². The van der Waals surface area contributed by atoms with Gasteiger partial charge in [0.25, 0.3) is 5.91 Å². The van der Waals surface area contributed by atoms with Crippen LogP contribution < -0.4 is 5.32 Å². The van der Waals surface area contributed by atoms with Gasteiger partial charge in [-0.25, -0.2) is 4.98 Å². The first-order valence-electron chi connectivity index (χ1n) is 7.44. The molecule has 3 heterocycles. The first-order chi connectivity index (χ1) is 11.4. The maximum Gasteiger partial charge on any atom is 0.433 e. The zero-order valence-electron chi connectivity index (χ0n) is 12.6. The molecule has 0 saturated carbocycles. The molecule has 1 unspecified atom stereocenters. The number of hydrogen-bond acceptors (Lipinski definition) is 4. The minimum atomic E-state index is -4.48. The highest BCUT2D eigenvalue weighted by Gasteiger charge is 2.33. The molecular weight excluding hydrogens is 321 g/mol. The van der Waals surface area contributed by atoms with Gasteiger partial charge in [-0.2, -0.15) is 13.2 Å². The molecule has 1 atom stereocenters. The summed E-state index contributed by atoms with van der Waals surface area (Å²) in [5, 5.41) is 2.96. The Morgan fingerprint density at radius 2 is 2.04 bits per heavy atom. The summed E-state index contributed by atoms with van der Waals surface area (Å²) in [7, 11) is 0. The van der Waals surface area contributed by atoms with Crippen LogP contribution >= 0.6 is 0 Å². The monoisotopic (exact) mass is 336 g/mol. The maximum atomic E-state index is 12.7. The highest BCUT2D eigenvalue weighted by Crippen LogP contribution is 2.28. The van der Waals surface area contributed by atoms with Gasteiger partial charge in [0.2, 0.25) is 0 Å². The number of carbonyl (C=O) groups excluding carboxylic acids is 1. The Hall–Kier alpha value is -2.64. The summed E-state index contributed by atoms with van der Waals surface area (Å²) in [5.41, 5.74) is -0.581. The fourth-order valence-corrected chi connectivity index (χ4v) is 2.60. The molecule has 1 amide bonds. The number of rotatable bonds is 3. The van der Waals surface area contributed by atoms with E-state index in [2.05, 4.69) is 15.3 Å². The van der Waals surface area contributed by atoms with Crippen molar-refractivity contribution >= 4 is 11.7 Å². The summed E-state index contributed by atoms with van der Waals surface area (Å²) >= 11 is 0. The van der Waals surface area contributed by atoms with Crippen molar-refractivity contribution in [2.24, 2.45) is 0 Å². The Morgan fingerprint density at radius 3 is 2.75 bits per heavy atom. The number of amides is 1. The van der Waals surface area contributed by atoms with E-state index in [1.165, 1.54) is 12.1 Å². The number of halogens is 3. The molecule has 24 heavy (non-hydrogen) atoms. The highest BCUT2D eigenvalue weighted by atomic mass is 19.4. The van der Waals surface area contributed by atoms with Crippen LogP contribution in [0.4, 0.5) is 19.0 Å². The number of aromatic nitrogens is 2. The summed E-state index contributed by atoms with van der Waals surface area (Å²) < 4.78 is 38.1. The van der Waals surface area contributed by atoms with Crippen LogP contribution in [-0.2, 0) is 6.18 Å². The van der Waals surface area contributed by atoms with E-state index in [-0.39, 0.29) is 17.8 Å². The summed E-state index contributed by atoms with van der Waals surface area (Å²) in [6.07, 6.45) is -2.30. The normalized spacial score (nSPS) is 17.8. The minimum absolute atomic E-state index is 0.145. The van der Waals surface area contributed by atoms with Crippen molar-refractivity contribution in [1.29, 1.82) is 0 Å². The van der Waals surface area contributed by atoms with Crippen LogP contribution in [0.1, 0.15) is 22.6 Å². The largest absolute Gasteiger partial charge is 0.433 e. The first-order valence-corrected chi connectivity index (χ1v) is 7.44. The number of hydrogen-bond donors (Lipinski definition) is 1. The van der Waals surface area contributed by atoms with Crippen LogP contribution in [0.25, 0.3) is 0 Å².